The van der Waals surface area contributed by atoms with Gasteiger partial charge in [-0.1, -0.05) is 6.92 Å². The first-order chi connectivity index (χ1) is 7.72. The van der Waals surface area contributed by atoms with Crippen molar-refractivity contribution in [2.45, 2.75) is 25.8 Å². The second-order valence-corrected chi connectivity index (χ2v) is 7.19. The number of nitrogens with one attached hydrogen (secondary N) is 1. The maximum atomic E-state index is 11.0. The zero-order valence-corrected chi connectivity index (χ0v) is 12.2. The average molecular weight is 266 g/mol. The van der Waals surface area contributed by atoms with Crippen LogP contribution in [0.5, 0.6) is 0 Å². The molecule has 0 aliphatic rings. The standard InChI is InChI=1S/C11H26N2O3S/c1-5-12-11(2,10-14)6-7-13(3)8-9-17(4,15)16/h12,14H,5-10H2,1-4H3. The number of hydrogen-bond donors (Lipinski definition) is 2. The topological polar surface area (TPSA) is 69.6 Å². The molecule has 5 nitrogen and oxygen atoms in total. The highest BCUT2D eigenvalue weighted by molar-refractivity contribution is 7.90. The molecule has 6 heteroatoms. The minimum Gasteiger partial charge on any atom is -0.394 e. The number of nitrogens with zero attached hydrogens (tertiary/aromatic N) is 1. The molecule has 1 unspecified atom stereocenters. The number of aliphatic hydroxyl groups excluding tert-OH is 1. The molecule has 2 N–H and O–H groups in total. The Balaban J connectivity index is 4.01. The maximum absolute atomic E-state index is 11.0. The van der Waals surface area contributed by atoms with Crippen LogP contribution in [0.3, 0.4) is 0 Å². The first kappa shape index (κ1) is 16.8. The van der Waals surface area contributed by atoms with Gasteiger partial charge < -0.3 is 15.3 Å². The summed E-state index contributed by atoms with van der Waals surface area (Å²) in [5, 5.41) is 12.6. The molecule has 0 heterocycles. The monoisotopic (exact) mass is 266 g/mol. The Labute approximate surface area is 105 Å². The van der Waals surface area contributed by atoms with Crippen LogP contribution in [-0.2, 0) is 9.84 Å². The molecule has 0 aliphatic heterocycles. The van der Waals surface area contributed by atoms with Gasteiger partial charge in [-0.3, -0.25) is 0 Å². The zero-order valence-electron chi connectivity index (χ0n) is 11.4. The third-order valence-electron chi connectivity index (χ3n) is 2.84. The van der Waals surface area contributed by atoms with Crippen molar-refractivity contribution in [3.05, 3.63) is 0 Å². The molecule has 0 radical (unpaired) electrons. The van der Waals surface area contributed by atoms with Crippen molar-refractivity contribution in [2.24, 2.45) is 0 Å². The van der Waals surface area contributed by atoms with E-state index in [2.05, 4.69) is 5.32 Å². The van der Waals surface area contributed by atoms with Crippen LogP contribution in [0.1, 0.15) is 20.3 Å². The summed E-state index contributed by atoms with van der Waals surface area (Å²) in [7, 11) is -0.998. The van der Waals surface area contributed by atoms with Gasteiger partial charge in [0.15, 0.2) is 0 Å². The van der Waals surface area contributed by atoms with Gasteiger partial charge in [-0.15, -0.1) is 0 Å². The van der Waals surface area contributed by atoms with Crippen LogP contribution in [0, 0.1) is 0 Å². The fourth-order valence-corrected chi connectivity index (χ4v) is 2.16. The Hall–Kier alpha value is -0.170. The smallest absolute Gasteiger partial charge is 0.148 e. The van der Waals surface area contributed by atoms with Crippen LogP contribution >= 0.6 is 0 Å². The molecule has 0 aromatic rings. The minimum absolute atomic E-state index is 0.0841. The lowest BCUT2D eigenvalue weighted by Gasteiger charge is -2.30. The third-order valence-corrected chi connectivity index (χ3v) is 3.77. The van der Waals surface area contributed by atoms with E-state index >= 15 is 0 Å². The molecule has 0 aliphatic carbocycles. The van der Waals surface area contributed by atoms with E-state index in [1.165, 1.54) is 6.26 Å². The van der Waals surface area contributed by atoms with Crippen molar-refractivity contribution in [2.75, 3.05) is 45.3 Å². The molecule has 0 aromatic heterocycles. The van der Waals surface area contributed by atoms with E-state index in [0.29, 0.717) is 6.54 Å². The van der Waals surface area contributed by atoms with E-state index < -0.39 is 9.84 Å². The second kappa shape index (κ2) is 7.31. The third kappa shape index (κ3) is 8.54. The lowest BCUT2D eigenvalue weighted by molar-refractivity contribution is 0.154. The SMILES string of the molecule is CCNC(C)(CO)CCN(C)CCS(C)(=O)=O. The first-order valence-electron chi connectivity index (χ1n) is 5.94. The van der Waals surface area contributed by atoms with Gasteiger partial charge in [0.2, 0.25) is 0 Å². The highest BCUT2D eigenvalue weighted by atomic mass is 32.2. The molecule has 0 spiro atoms. The Morgan fingerprint density at radius 3 is 2.35 bits per heavy atom. The summed E-state index contributed by atoms with van der Waals surface area (Å²) >= 11 is 0. The van der Waals surface area contributed by atoms with E-state index in [4.69, 9.17) is 0 Å². The molecule has 0 fully saturated rings. The zero-order chi connectivity index (χ0) is 13.5. The largest absolute Gasteiger partial charge is 0.394 e. The van der Waals surface area contributed by atoms with Crippen LogP contribution in [0.4, 0.5) is 0 Å². The van der Waals surface area contributed by atoms with E-state index in [1.807, 2.05) is 25.8 Å². The predicted octanol–water partition coefficient (Wildman–Crippen LogP) is -0.287. The Bertz CT molecular complexity index is 306. The van der Waals surface area contributed by atoms with Crippen LogP contribution in [0.2, 0.25) is 0 Å². The van der Waals surface area contributed by atoms with Crippen molar-refractivity contribution >= 4 is 9.84 Å². The van der Waals surface area contributed by atoms with Gasteiger partial charge >= 0.3 is 0 Å². The van der Waals surface area contributed by atoms with Crippen molar-refractivity contribution in [3.63, 3.8) is 0 Å². The lowest BCUT2D eigenvalue weighted by atomic mass is 9.99. The molecule has 0 bridgehead atoms. The van der Waals surface area contributed by atoms with Crippen molar-refractivity contribution in [3.8, 4) is 0 Å². The minimum atomic E-state index is -2.90. The van der Waals surface area contributed by atoms with Crippen LogP contribution in [-0.4, -0.2) is 69.3 Å². The summed E-state index contributed by atoms with van der Waals surface area (Å²) in [6.07, 6.45) is 2.04. The fraction of sp³-hybridized carbons (Fsp3) is 1.00. The summed E-state index contributed by atoms with van der Waals surface area (Å²) in [5.74, 6) is 0.181. The Morgan fingerprint density at radius 1 is 1.35 bits per heavy atom. The Morgan fingerprint density at radius 2 is 1.94 bits per heavy atom. The molecule has 17 heavy (non-hydrogen) atoms. The summed E-state index contributed by atoms with van der Waals surface area (Å²) in [6, 6.07) is 0. The highest BCUT2D eigenvalue weighted by Gasteiger charge is 2.22. The van der Waals surface area contributed by atoms with Crippen LogP contribution in [0.25, 0.3) is 0 Å². The number of hydrogen-bond acceptors (Lipinski definition) is 5. The van der Waals surface area contributed by atoms with E-state index in [1.54, 1.807) is 0 Å². The van der Waals surface area contributed by atoms with Gasteiger partial charge in [0.1, 0.15) is 9.84 Å². The van der Waals surface area contributed by atoms with Gasteiger partial charge in [0, 0.05) is 18.3 Å². The number of likely N-dealkylation sites (N-methyl/N-ethyl adjacent to an activating group) is 1. The lowest BCUT2D eigenvalue weighted by Crippen LogP contribution is -2.47. The fourth-order valence-electron chi connectivity index (χ4n) is 1.52. The normalized spacial score (nSPS) is 16.1. The second-order valence-electron chi connectivity index (χ2n) is 4.93. The molecule has 0 saturated heterocycles. The van der Waals surface area contributed by atoms with Crippen LogP contribution in [0.15, 0.2) is 0 Å². The Kier molecular flexibility index (Phi) is 7.23. The molecule has 0 rings (SSSR count). The number of aliphatic hydroxyl groups is 1. The van der Waals surface area contributed by atoms with E-state index in [-0.39, 0.29) is 17.9 Å². The summed E-state index contributed by atoms with van der Waals surface area (Å²) < 4.78 is 22.0. The van der Waals surface area contributed by atoms with E-state index in [9.17, 15) is 13.5 Å². The van der Waals surface area contributed by atoms with Gasteiger partial charge in [0.05, 0.1) is 12.4 Å². The molecule has 104 valence electrons. The van der Waals surface area contributed by atoms with Gasteiger partial charge in [-0.25, -0.2) is 8.42 Å². The molecule has 0 amide bonds. The molecule has 0 aromatic carbocycles. The molecular formula is C11H26N2O3S. The molecule has 0 saturated carbocycles. The first-order valence-corrected chi connectivity index (χ1v) is 8.00. The van der Waals surface area contributed by atoms with E-state index in [0.717, 1.165) is 19.5 Å². The van der Waals surface area contributed by atoms with Gasteiger partial charge in [-0.2, -0.15) is 0 Å². The van der Waals surface area contributed by atoms with Crippen LogP contribution < -0.4 is 5.32 Å². The van der Waals surface area contributed by atoms with Crippen molar-refractivity contribution in [1.29, 1.82) is 0 Å². The summed E-state index contributed by atoms with van der Waals surface area (Å²) in [5.41, 5.74) is -0.284. The maximum Gasteiger partial charge on any atom is 0.148 e. The highest BCUT2D eigenvalue weighted by Crippen LogP contribution is 2.09. The van der Waals surface area contributed by atoms with Gasteiger partial charge in [-0.05, 0) is 33.5 Å². The average Bonchev–Trinajstić information content (AvgIpc) is 2.23. The number of sulfone groups is 1. The van der Waals surface area contributed by atoms with Gasteiger partial charge in [0.25, 0.3) is 0 Å². The van der Waals surface area contributed by atoms with Crippen molar-refractivity contribution < 1.29 is 13.5 Å². The van der Waals surface area contributed by atoms with Crippen molar-refractivity contribution in [1.82, 2.24) is 10.2 Å². The summed E-state index contributed by atoms with van der Waals surface area (Å²) in [4.78, 5) is 1.98. The summed E-state index contributed by atoms with van der Waals surface area (Å²) in [6.45, 7) is 6.17. The molecule has 1 atom stereocenters. The number of rotatable bonds is 9. The molecular weight excluding hydrogens is 240 g/mol. The predicted molar refractivity (Wildman–Crippen MR) is 71.0 cm³/mol. The quantitative estimate of drug-likeness (QED) is 0.600.